The van der Waals surface area contributed by atoms with Crippen molar-refractivity contribution in [1.29, 1.82) is 0 Å². The molecule has 33 heavy (non-hydrogen) atoms. The molecule has 0 unspecified atom stereocenters. The molecule has 0 aliphatic heterocycles. The molecule has 8 nitrogen and oxygen atoms in total. The molecule has 0 spiro atoms. The molecule has 0 saturated carbocycles. The van der Waals surface area contributed by atoms with E-state index in [0.717, 1.165) is 25.0 Å². The molecule has 0 aromatic rings. The van der Waals surface area contributed by atoms with Crippen LogP contribution in [-0.4, -0.2) is 65.4 Å². The van der Waals surface area contributed by atoms with Crippen molar-refractivity contribution in [3.8, 4) is 0 Å². The first-order chi connectivity index (χ1) is 15.6. The first kappa shape index (κ1) is 35.7. The van der Waals surface area contributed by atoms with E-state index in [0.29, 0.717) is 25.7 Å². The molecular weight excluding hydrogens is 535 g/mol. The van der Waals surface area contributed by atoms with Crippen LogP contribution in [0.15, 0.2) is 23.3 Å². The summed E-state index contributed by atoms with van der Waals surface area (Å²) in [7, 11) is 0. The van der Waals surface area contributed by atoms with Crippen LogP contribution in [0, 0.1) is 0 Å². The zero-order chi connectivity index (χ0) is 26.1. The molecule has 0 aliphatic rings. The van der Waals surface area contributed by atoms with Crippen LogP contribution < -0.4 is 0 Å². The van der Waals surface area contributed by atoms with Gasteiger partial charge in [0.2, 0.25) is 0 Å². The van der Waals surface area contributed by atoms with Gasteiger partial charge in [-0.15, -0.1) is 0 Å². The van der Waals surface area contributed by atoms with Crippen LogP contribution in [0.3, 0.4) is 0 Å². The van der Waals surface area contributed by atoms with Gasteiger partial charge in [0.1, 0.15) is 0 Å². The fraction of sp³-hybridized carbons (Fsp3) is 0.667. The fourth-order valence-corrected chi connectivity index (χ4v) is 6.40. The Balaban J connectivity index is -0.000000414. The van der Waals surface area contributed by atoms with Crippen molar-refractivity contribution in [1.82, 2.24) is 0 Å². The zero-order valence-corrected chi connectivity index (χ0v) is 23.4. The van der Waals surface area contributed by atoms with Gasteiger partial charge >= 0.3 is 93.4 Å². The SMILES string of the molecule is CCCC/C(=C/C(=O)O)C(=O)O.CCCC/C(=C/C(=O)O)C(=O)O.CCC[CH2][Sn][CH2]CCC. The van der Waals surface area contributed by atoms with Crippen LogP contribution in [0.1, 0.15) is 91.9 Å². The second-order valence-electron chi connectivity index (χ2n) is 7.29. The van der Waals surface area contributed by atoms with E-state index in [1.54, 1.807) is 8.87 Å². The van der Waals surface area contributed by atoms with Crippen molar-refractivity contribution < 1.29 is 39.6 Å². The van der Waals surface area contributed by atoms with Crippen LogP contribution in [0.4, 0.5) is 0 Å². The third kappa shape index (κ3) is 30.2. The number of carboxylic acids is 4. The average Bonchev–Trinajstić information content (AvgIpc) is 2.74. The Bertz CT molecular complexity index is 560. The average molecular weight is 577 g/mol. The van der Waals surface area contributed by atoms with Gasteiger partial charge in [0.05, 0.1) is 0 Å². The van der Waals surface area contributed by atoms with Gasteiger partial charge in [0.15, 0.2) is 0 Å². The topological polar surface area (TPSA) is 149 Å². The summed E-state index contributed by atoms with van der Waals surface area (Å²) in [6.07, 6.45) is 11.1. The van der Waals surface area contributed by atoms with Crippen molar-refractivity contribution in [2.24, 2.45) is 0 Å². The summed E-state index contributed by atoms with van der Waals surface area (Å²) < 4.78 is 3.25. The van der Waals surface area contributed by atoms with Gasteiger partial charge in [-0.2, -0.15) is 0 Å². The molecule has 0 saturated heterocycles. The zero-order valence-electron chi connectivity index (χ0n) is 20.6. The van der Waals surface area contributed by atoms with E-state index < -0.39 is 23.9 Å². The van der Waals surface area contributed by atoms with Crippen LogP contribution in [0.2, 0.25) is 8.87 Å². The number of carbonyl (C=O) groups is 4. The fourth-order valence-electron chi connectivity index (χ4n) is 2.24. The first-order valence-electron chi connectivity index (χ1n) is 11.6. The normalized spacial score (nSPS) is 10.9. The van der Waals surface area contributed by atoms with Crippen LogP contribution in [0.5, 0.6) is 0 Å². The minimum absolute atomic E-state index is 0.0376. The van der Waals surface area contributed by atoms with Crippen molar-refractivity contribution >= 4 is 45.0 Å². The summed E-state index contributed by atoms with van der Waals surface area (Å²) in [4.78, 5) is 41.1. The monoisotopic (exact) mass is 578 g/mol. The van der Waals surface area contributed by atoms with Gasteiger partial charge in [0, 0.05) is 23.3 Å². The summed E-state index contributed by atoms with van der Waals surface area (Å²) in [6.45, 7) is 8.42. The minimum atomic E-state index is -1.21. The summed E-state index contributed by atoms with van der Waals surface area (Å²) >= 11 is 0.149. The van der Waals surface area contributed by atoms with E-state index in [1.165, 1.54) is 25.7 Å². The number of rotatable bonds is 16. The van der Waals surface area contributed by atoms with Crippen LogP contribution >= 0.6 is 0 Å². The Morgan fingerprint density at radius 3 is 1.09 bits per heavy atom. The molecule has 0 amide bonds. The van der Waals surface area contributed by atoms with Gasteiger partial charge < -0.3 is 20.4 Å². The summed E-state index contributed by atoms with van der Waals surface area (Å²) in [5.41, 5.74) is -0.0753. The standard InChI is InChI=1S/2C8H12O4.2C4H9.Sn/c2*1-2-3-4-6(8(11)12)5-7(9)10;2*1-3-4-2;/h2*5H,2-4H2,1H3,(H,9,10)(H,11,12);2*1,3-4H2,2H3;/b2*6-5-;;;. The van der Waals surface area contributed by atoms with Crippen LogP contribution in [0.25, 0.3) is 0 Å². The van der Waals surface area contributed by atoms with Gasteiger partial charge in [0.25, 0.3) is 0 Å². The summed E-state index contributed by atoms with van der Waals surface area (Å²) in [6, 6.07) is 0. The number of aliphatic carboxylic acids is 4. The quantitative estimate of drug-likeness (QED) is 0.104. The Morgan fingerprint density at radius 2 is 0.879 bits per heavy atom. The van der Waals surface area contributed by atoms with E-state index in [4.69, 9.17) is 20.4 Å². The predicted molar refractivity (Wildman–Crippen MR) is 131 cm³/mol. The second kappa shape index (κ2) is 26.4. The first-order valence-corrected chi connectivity index (χ1v) is 15.6. The van der Waals surface area contributed by atoms with Crippen molar-refractivity contribution in [2.45, 2.75) is 101 Å². The van der Waals surface area contributed by atoms with E-state index in [9.17, 15) is 19.2 Å². The van der Waals surface area contributed by atoms with Gasteiger partial charge in [-0.25, -0.2) is 19.2 Å². The Hall–Kier alpha value is -1.84. The Labute approximate surface area is 208 Å². The number of hydrogen-bond donors (Lipinski definition) is 4. The predicted octanol–water partition coefficient (Wildman–Crippen LogP) is 5.67. The molecule has 0 heterocycles. The molecule has 9 heteroatoms. The third-order valence-electron chi connectivity index (χ3n) is 4.16. The number of hydrogen-bond acceptors (Lipinski definition) is 4. The molecule has 0 atom stereocenters. The Morgan fingerprint density at radius 1 is 0.576 bits per heavy atom. The maximum absolute atomic E-state index is 10.4. The van der Waals surface area contributed by atoms with Crippen LogP contribution in [-0.2, 0) is 19.2 Å². The molecule has 0 aliphatic carbocycles. The van der Waals surface area contributed by atoms with Gasteiger partial charge in [-0.1, -0.05) is 26.7 Å². The van der Waals surface area contributed by atoms with Crippen molar-refractivity contribution in [3.63, 3.8) is 0 Å². The molecule has 0 aromatic heterocycles. The van der Waals surface area contributed by atoms with E-state index in [-0.39, 0.29) is 32.3 Å². The summed E-state index contributed by atoms with van der Waals surface area (Å²) in [5, 5.41) is 33.6. The molecule has 0 fully saturated rings. The van der Waals surface area contributed by atoms with Gasteiger partial charge in [-0.05, 0) is 25.7 Å². The van der Waals surface area contributed by atoms with E-state index >= 15 is 0 Å². The maximum atomic E-state index is 10.4. The molecular formula is C24H42O8Sn. The molecule has 190 valence electrons. The molecule has 0 rings (SSSR count). The van der Waals surface area contributed by atoms with E-state index in [2.05, 4.69) is 13.8 Å². The molecule has 0 bridgehead atoms. The second-order valence-corrected chi connectivity index (χ2v) is 11.6. The third-order valence-corrected chi connectivity index (χ3v) is 8.19. The number of unbranched alkanes of at least 4 members (excludes halogenated alkanes) is 4. The van der Waals surface area contributed by atoms with Gasteiger partial charge in [-0.3, -0.25) is 0 Å². The number of carboxylic acid groups (broad SMARTS) is 4. The van der Waals surface area contributed by atoms with Crippen molar-refractivity contribution in [3.05, 3.63) is 23.3 Å². The van der Waals surface area contributed by atoms with Crippen molar-refractivity contribution in [2.75, 3.05) is 0 Å². The molecule has 0 aromatic carbocycles. The van der Waals surface area contributed by atoms with E-state index in [1.807, 2.05) is 13.8 Å². The molecule has 2 radical (unpaired) electrons. The summed E-state index contributed by atoms with van der Waals surface area (Å²) in [5.74, 6) is -4.70. The Kier molecular flexibility index (Phi) is 28.6. The molecule has 4 N–H and O–H groups in total.